The van der Waals surface area contributed by atoms with Gasteiger partial charge in [-0.2, -0.15) is 0 Å². The van der Waals surface area contributed by atoms with Crippen LogP contribution in [0.2, 0.25) is 0 Å². The number of rotatable bonds is 0. The number of hydrogen-bond donors (Lipinski definition) is 0. The van der Waals surface area contributed by atoms with Crippen LogP contribution >= 0.6 is 0 Å². The van der Waals surface area contributed by atoms with Crippen LogP contribution in [0, 0.1) is 0 Å². The first-order valence-corrected chi connectivity index (χ1v) is 9.42. The molecule has 0 N–H and O–H groups in total. The number of hydrogen-bond acceptors (Lipinski definition) is 3. The maximum absolute atomic E-state index is 4.95. The molecule has 4 aromatic heterocycles. The molecule has 0 fully saturated rings. The van der Waals surface area contributed by atoms with E-state index in [-0.39, 0.29) is 0 Å². The molecule has 0 saturated heterocycles. The Morgan fingerprint density at radius 1 is 0.750 bits per heavy atom. The quantitative estimate of drug-likeness (QED) is 0.352. The highest BCUT2D eigenvalue weighted by molar-refractivity contribution is 6.16. The van der Waals surface area contributed by atoms with E-state index in [2.05, 4.69) is 56.8 Å². The molecule has 28 heavy (non-hydrogen) atoms. The molecule has 1 aliphatic carbocycles. The summed E-state index contributed by atoms with van der Waals surface area (Å²) in [6.07, 6.45) is 8.47. The van der Waals surface area contributed by atoms with Crippen molar-refractivity contribution in [3.05, 3.63) is 84.4 Å². The number of pyridine rings is 3. The molecule has 0 radical (unpaired) electrons. The molecular weight excluding hydrogens is 344 g/mol. The van der Waals surface area contributed by atoms with Gasteiger partial charge < -0.3 is 0 Å². The smallest absolute Gasteiger partial charge is 0.146 e. The lowest BCUT2D eigenvalue weighted by Gasteiger charge is -2.12. The minimum Gasteiger partial charge on any atom is -0.291 e. The predicted octanol–water partition coefficient (Wildman–Crippen LogP) is 5.16. The first-order chi connectivity index (χ1) is 13.9. The Balaban J connectivity index is 1.77. The summed E-state index contributed by atoms with van der Waals surface area (Å²) in [6, 6.07) is 17.3. The monoisotopic (exact) mass is 358 g/mol. The van der Waals surface area contributed by atoms with E-state index in [0.29, 0.717) is 0 Å². The number of benzene rings is 2. The summed E-state index contributed by atoms with van der Waals surface area (Å²) in [5.41, 5.74) is 9.54. The number of imidazole rings is 1. The molecule has 0 spiro atoms. The number of aromatic nitrogens is 4. The van der Waals surface area contributed by atoms with E-state index in [4.69, 9.17) is 4.98 Å². The minimum absolute atomic E-state index is 0.914. The summed E-state index contributed by atoms with van der Waals surface area (Å²) in [5.74, 6) is 0. The molecule has 130 valence electrons. The highest BCUT2D eigenvalue weighted by Crippen LogP contribution is 2.43. The van der Waals surface area contributed by atoms with Crippen molar-refractivity contribution >= 4 is 38.4 Å². The number of fused-ring (bicyclic) bond motifs is 12. The zero-order valence-electron chi connectivity index (χ0n) is 14.9. The first kappa shape index (κ1) is 14.3. The molecule has 0 amide bonds. The molecule has 0 unspecified atom stereocenters. The summed E-state index contributed by atoms with van der Waals surface area (Å²) in [5, 5.41) is 3.61. The molecule has 2 aromatic carbocycles. The van der Waals surface area contributed by atoms with Crippen LogP contribution in [0.3, 0.4) is 0 Å². The molecule has 0 aliphatic heterocycles. The molecule has 0 atom stereocenters. The van der Waals surface area contributed by atoms with Crippen molar-refractivity contribution in [3.63, 3.8) is 0 Å². The van der Waals surface area contributed by atoms with Crippen molar-refractivity contribution in [3.8, 4) is 11.1 Å². The standard InChI is InChI=1S/C24H14N4/c1-2-4-15-14(3-1)11-18-16(15)5-6-17-23(18)19-12-25-9-7-21(19)28-22-8-10-26-13-20(22)27-24(17)28/h1-10,12-13H,11H2. The van der Waals surface area contributed by atoms with E-state index in [1.165, 1.54) is 38.4 Å². The molecule has 4 heteroatoms. The van der Waals surface area contributed by atoms with E-state index in [1.54, 1.807) is 0 Å². The van der Waals surface area contributed by atoms with Crippen LogP contribution in [-0.2, 0) is 6.42 Å². The summed E-state index contributed by atoms with van der Waals surface area (Å²) in [4.78, 5) is 13.7. The van der Waals surface area contributed by atoms with Crippen molar-refractivity contribution in [2.45, 2.75) is 6.42 Å². The van der Waals surface area contributed by atoms with Crippen molar-refractivity contribution in [1.82, 2.24) is 19.4 Å². The topological polar surface area (TPSA) is 43.1 Å². The molecule has 1 aliphatic rings. The van der Waals surface area contributed by atoms with Crippen LogP contribution in [0.5, 0.6) is 0 Å². The van der Waals surface area contributed by atoms with Crippen LogP contribution in [0.15, 0.2) is 73.3 Å². The fourth-order valence-corrected chi connectivity index (χ4v) is 4.84. The van der Waals surface area contributed by atoms with Crippen LogP contribution in [0.1, 0.15) is 11.1 Å². The fraction of sp³-hybridized carbons (Fsp3) is 0.0417. The lowest BCUT2D eigenvalue weighted by Crippen LogP contribution is -1.95. The second kappa shape index (κ2) is 4.93. The maximum atomic E-state index is 4.95. The van der Waals surface area contributed by atoms with E-state index < -0.39 is 0 Å². The third-order valence-electron chi connectivity index (χ3n) is 5.99. The molecular formula is C24H14N4. The van der Waals surface area contributed by atoms with Crippen molar-refractivity contribution in [1.29, 1.82) is 0 Å². The fourth-order valence-electron chi connectivity index (χ4n) is 4.84. The van der Waals surface area contributed by atoms with Crippen LogP contribution in [0.25, 0.3) is 49.5 Å². The van der Waals surface area contributed by atoms with Gasteiger partial charge in [-0.1, -0.05) is 30.3 Å². The largest absolute Gasteiger partial charge is 0.291 e. The average Bonchev–Trinajstić information content (AvgIpc) is 3.32. The Hall–Kier alpha value is -3.79. The third kappa shape index (κ3) is 1.63. The molecule has 0 bridgehead atoms. The lowest BCUT2D eigenvalue weighted by molar-refractivity contribution is 1.26. The van der Waals surface area contributed by atoms with Crippen molar-refractivity contribution < 1.29 is 0 Å². The molecule has 7 rings (SSSR count). The van der Waals surface area contributed by atoms with Crippen LogP contribution in [0.4, 0.5) is 0 Å². The van der Waals surface area contributed by atoms with Gasteiger partial charge in [-0.25, -0.2) is 4.98 Å². The summed E-state index contributed by atoms with van der Waals surface area (Å²) in [6.45, 7) is 0. The Bertz CT molecular complexity index is 1590. The summed E-state index contributed by atoms with van der Waals surface area (Å²) >= 11 is 0. The normalized spacial score (nSPS) is 12.9. The molecule has 4 nitrogen and oxygen atoms in total. The van der Waals surface area contributed by atoms with E-state index in [1.807, 2.05) is 30.9 Å². The van der Waals surface area contributed by atoms with E-state index in [9.17, 15) is 0 Å². The Morgan fingerprint density at radius 3 is 2.57 bits per heavy atom. The Labute approximate surface area is 160 Å². The van der Waals surface area contributed by atoms with Gasteiger partial charge in [-0.15, -0.1) is 0 Å². The third-order valence-corrected chi connectivity index (χ3v) is 5.99. The van der Waals surface area contributed by atoms with Crippen molar-refractivity contribution in [2.24, 2.45) is 0 Å². The second-order valence-electron chi connectivity index (χ2n) is 7.38. The van der Waals surface area contributed by atoms with Gasteiger partial charge in [0.15, 0.2) is 0 Å². The summed E-state index contributed by atoms with van der Waals surface area (Å²) < 4.78 is 2.24. The highest BCUT2D eigenvalue weighted by Gasteiger charge is 2.23. The van der Waals surface area contributed by atoms with Gasteiger partial charge in [0.25, 0.3) is 0 Å². The van der Waals surface area contributed by atoms with Gasteiger partial charge in [-0.3, -0.25) is 14.4 Å². The highest BCUT2D eigenvalue weighted by atomic mass is 15.0. The number of nitrogens with zero attached hydrogens (tertiary/aromatic N) is 4. The van der Waals surface area contributed by atoms with Gasteiger partial charge in [0, 0.05) is 34.7 Å². The molecule has 6 aromatic rings. The first-order valence-electron chi connectivity index (χ1n) is 9.42. The van der Waals surface area contributed by atoms with E-state index in [0.717, 1.165) is 28.6 Å². The zero-order chi connectivity index (χ0) is 18.2. The van der Waals surface area contributed by atoms with Crippen LogP contribution < -0.4 is 0 Å². The average molecular weight is 358 g/mol. The van der Waals surface area contributed by atoms with Gasteiger partial charge in [0.1, 0.15) is 11.2 Å². The van der Waals surface area contributed by atoms with E-state index >= 15 is 0 Å². The van der Waals surface area contributed by atoms with Gasteiger partial charge in [0.2, 0.25) is 0 Å². The Kier molecular flexibility index (Phi) is 2.51. The second-order valence-corrected chi connectivity index (χ2v) is 7.38. The minimum atomic E-state index is 0.914. The van der Waals surface area contributed by atoms with Gasteiger partial charge >= 0.3 is 0 Å². The van der Waals surface area contributed by atoms with Gasteiger partial charge in [-0.05, 0) is 46.9 Å². The van der Waals surface area contributed by atoms with Crippen LogP contribution in [-0.4, -0.2) is 19.4 Å². The predicted molar refractivity (Wildman–Crippen MR) is 112 cm³/mol. The maximum Gasteiger partial charge on any atom is 0.146 e. The zero-order valence-corrected chi connectivity index (χ0v) is 14.9. The molecule has 4 heterocycles. The summed E-state index contributed by atoms with van der Waals surface area (Å²) in [7, 11) is 0. The lowest BCUT2D eigenvalue weighted by atomic mass is 9.97. The molecule has 0 saturated carbocycles. The van der Waals surface area contributed by atoms with Crippen molar-refractivity contribution in [2.75, 3.05) is 0 Å². The van der Waals surface area contributed by atoms with Gasteiger partial charge in [0.05, 0.1) is 17.2 Å². The SMILES string of the molecule is c1ccc2c(c1)Cc1c-2ccc2c1c1cnccc1n1c3ccncc3nc21. The Morgan fingerprint density at radius 2 is 1.61 bits per heavy atom.